The topological polar surface area (TPSA) is 6.48 Å². The zero-order valence-electron chi connectivity index (χ0n) is 30.8. The molecule has 12 atom stereocenters. The Bertz CT molecular complexity index is 810. The normalized spacial score (nSPS) is 42.3. The summed E-state index contributed by atoms with van der Waals surface area (Å²) in [4.78, 5) is 5.72. The van der Waals surface area contributed by atoms with Crippen molar-refractivity contribution in [1.29, 1.82) is 0 Å². The van der Waals surface area contributed by atoms with Gasteiger partial charge in [0, 0.05) is 25.2 Å². The molecule has 2 heterocycles. The molecule has 256 valence electrons. The van der Waals surface area contributed by atoms with Gasteiger partial charge in [-0.05, 0) is 137 Å². The Balaban J connectivity index is 1.16. The van der Waals surface area contributed by atoms with E-state index in [1.807, 2.05) is 0 Å². The summed E-state index contributed by atoms with van der Waals surface area (Å²) in [5, 5.41) is 0. The summed E-state index contributed by atoms with van der Waals surface area (Å²) in [6.07, 6.45) is 32.9. The molecule has 0 aromatic heterocycles. The van der Waals surface area contributed by atoms with Gasteiger partial charge in [-0.3, -0.25) is 0 Å². The Hall–Kier alpha value is -0.0800. The number of likely N-dealkylation sites (tertiary alicyclic amines) is 2. The lowest BCUT2D eigenvalue weighted by atomic mass is 9.64. The van der Waals surface area contributed by atoms with Crippen LogP contribution < -0.4 is 0 Å². The standard InChI is InChI=1S/C42H78N2/c1-7-13-33(8-2)18-20-35-26-36(21-19-34-22-24-41(43(5)29-34)39-16-11-9-14-31(39)3)28-38(27-35)37-23-25-42(44(6)30-37)40-17-12-10-15-32(40)4/h31-42H,7-30H2,1-6H3. The third-order valence-electron chi connectivity index (χ3n) is 15.1. The lowest BCUT2D eigenvalue weighted by molar-refractivity contribution is 0.0155. The van der Waals surface area contributed by atoms with Gasteiger partial charge in [-0.15, -0.1) is 0 Å². The molecule has 0 radical (unpaired) electrons. The van der Waals surface area contributed by atoms with Gasteiger partial charge in [-0.1, -0.05) is 105 Å². The Morgan fingerprint density at radius 1 is 0.545 bits per heavy atom. The van der Waals surface area contributed by atoms with Crippen LogP contribution in [0.15, 0.2) is 0 Å². The molecule has 0 amide bonds. The number of piperidine rings is 2. The first kappa shape index (κ1) is 35.2. The minimum absolute atomic E-state index is 0.875. The molecule has 2 saturated heterocycles. The summed E-state index contributed by atoms with van der Waals surface area (Å²) >= 11 is 0. The van der Waals surface area contributed by atoms with Gasteiger partial charge in [-0.2, -0.15) is 0 Å². The minimum Gasteiger partial charge on any atom is -0.303 e. The van der Waals surface area contributed by atoms with E-state index in [9.17, 15) is 0 Å². The van der Waals surface area contributed by atoms with E-state index in [1.54, 1.807) is 19.3 Å². The van der Waals surface area contributed by atoms with Crippen molar-refractivity contribution in [2.45, 2.75) is 181 Å². The lowest BCUT2D eigenvalue weighted by Crippen LogP contribution is -2.49. The highest BCUT2D eigenvalue weighted by atomic mass is 15.1. The Labute approximate surface area is 276 Å². The van der Waals surface area contributed by atoms with Crippen LogP contribution in [0.4, 0.5) is 0 Å². The highest BCUT2D eigenvalue weighted by molar-refractivity contribution is 4.93. The fourth-order valence-corrected chi connectivity index (χ4v) is 12.4. The first-order chi connectivity index (χ1) is 21.4. The quantitative estimate of drug-likeness (QED) is 0.217. The molecule has 5 fully saturated rings. The molecule has 0 aromatic rings. The first-order valence-electron chi connectivity index (χ1n) is 20.8. The number of hydrogen-bond acceptors (Lipinski definition) is 2. The second-order valence-corrected chi connectivity index (χ2v) is 18.1. The fourth-order valence-electron chi connectivity index (χ4n) is 12.4. The van der Waals surface area contributed by atoms with E-state index < -0.39 is 0 Å². The maximum absolute atomic E-state index is 2.88. The van der Waals surface area contributed by atoms with Crippen molar-refractivity contribution < 1.29 is 0 Å². The maximum Gasteiger partial charge on any atom is 0.0123 e. The van der Waals surface area contributed by atoms with E-state index in [0.29, 0.717) is 0 Å². The molecule has 0 N–H and O–H groups in total. The summed E-state index contributed by atoms with van der Waals surface area (Å²) in [5.74, 6) is 9.78. The SMILES string of the molecule is CCCC(CC)CCC1CC(CCC2CCC(C3CCCCC3C)N(C)C2)CC(C2CCC(C3CCCCC3C)N(C)C2)C1. The maximum atomic E-state index is 2.88. The molecule has 2 nitrogen and oxygen atoms in total. The van der Waals surface area contributed by atoms with Gasteiger partial charge >= 0.3 is 0 Å². The van der Waals surface area contributed by atoms with Crippen LogP contribution in [0.2, 0.25) is 0 Å². The molecule has 0 spiro atoms. The molecular formula is C42H78N2. The van der Waals surface area contributed by atoms with Crippen LogP contribution in [0.5, 0.6) is 0 Å². The number of nitrogens with zero attached hydrogens (tertiary/aromatic N) is 2. The van der Waals surface area contributed by atoms with E-state index in [1.165, 1.54) is 135 Å². The van der Waals surface area contributed by atoms with E-state index in [2.05, 4.69) is 51.6 Å². The van der Waals surface area contributed by atoms with Gasteiger partial charge in [0.1, 0.15) is 0 Å². The number of hydrogen-bond donors (Lipinski definition) is 0. The molecule has 0 bridgehead atoms. The molecule has 0 aromatic carbocycles. The van der Waals surface area contributed by atoms with Gasteiger partial charge in [0.05, 0.1) is 0 Å². The molecule has 5 rings (SSSR count). The van der Waals surface area contributed by atoms with Crippen LogP contribution in [0, 0.1) is 59.2 Å². The Kier molecular flexibility index (Phi) is 13.9. The molecular weight excluding hydrogens is 532 g/mol. The van der Waals surface area contributed by atoms with E-state index in [0.717, 1.165) is 71.3 Å². The van der Waals surface area contributed by atoms with Crippen LogP contribution in [-0.4, -0.2) is 49.1 Å². The Morgan fingerprint density at radius 2 is 1.11 bits per heavy atom. The van der Waals surface area contributed by atoms with Crippen LogP contribution in [-0.2, 0) is 0 Å². The van der Waals surface area contributed by atoms with Gasteiger partial charge in [0.25, 0.3) is 0 Å². The molecule has 5 aliphatic rings. The van der Waals surface area contributed by atoms with Crippen LogP contribution in [0.1, 0.15) is 169 Å². The summed E-state index contributed by atoms with van der Waals surface area (Å²) < 4.78 is 0. The van der Waals surface area contributed by atoms with Gasteiger partial charge in [-0.25, -0.2) is 0 Å². The van der Waals surface area contributed by atoms with E-state index in [-0.39, 0.29) is 0 Å². The van der Waals surface area contributed by atoms with Crippen molar-refractivity contribution in [2.75, 3.05) is 27.2 Å². The highest BCUT2D eigenvalue weighted by Gasteiger charge is 2.41. The monoisotopic (exact) mass is 611 g/mol. The highest BCUT2D eigenvalue weighted by Crippen LogP contribution is 2.47. The van der Waals surface area contributed by atoms with Crippen LogP contribution in [0.3, 0.4) is 0 Å². The van der Waals surface area contributed by atoms with E-state index >= 15 is 0 Å². The molecule has 2 aliphatic heterocycles. The third-order valence-corrected chi connectivity index (χ3v) is 15.1. The van der Waals surface area contributed by atoms with E-state index in [4.69, 9.17) is 0 Å². The summed E-state index contributed by atoms with van der Waals surface area (Å²) in [5.41, 5.74) is 0. The Morgan fingerprint density at radius 3 is 1.68 bits per heavy atom. The molecule has 3 saturated carbocycles. The van der Waals surface area contributed by atoms with Gasteiger partial charge in [0.2, 0.25) is 0 Å². The molecule has 2 heteroatoms. The summed E-state index contributed by atoms with van der Waals surface area (Å²) in [6.45, 7) is 12.8. The number of rotatable bonds is 12. The van der Waals surface area contributed by atoms with Crippen molar-refractivity contribution in [3.8, 4) is 0 Å². The zero-order valence-corrected chi connectivity index (χ0v) is 30.8. The summed E-state index contributed by atoms with van der Waals surface area (Å²) in [7, 11) is 5.01. The van der Waals surface area contributed by atoms with Crippen molar-refractivity contribution in [3.63, 3.8) is 0 Å². The lowest BCUT2D eigenvalue weighted by Gasteiger charge is -2.48. The third kappa shape index (κ3) is 9.29. The van der Waals surface area contributed by atoms with Gasteiger partial charge in [0.15, 0.2) is 0 Å². The largest absolute Gasteiger partial charge is 0.303 e. The van der Waals surface area contributed by atoms with Crippen molar-refractivity contribution in [2.24, 2.45) is 59.2 Å². The summed E-state index contributed by atoms with van der Waals surface area (Å²) in [6, 6.07) is 1.75. The first-order valence-corrected chi connectivity index (χ1v) is 20.8. The smallest absolute Gasteiger partial charge is 0.0123 e. The predicted octanol–water partition coefficient (Wildman–Crippen LogP) is 11.5. The molecule has 44 heavy (non-hydrogen) atoms. The average molecular weight is 611 g/mol. The van der Waals surface area contributed by atoms with Crippen molar-refractivity contribution in [3.05, 3.63) is 0 Å². The second kappa shape index (κ2) is 17.4. The van der Waals surface area contributed by atoms with Crippen molar-refractivity contribution in [1.82, 2.24) is 9.80 Å². The van der Waals surface area contributed by atoms with Crippen LogP contribution in [0.25, 0.3) is 0 Å². The fraction of sp³-hybridized carbons (Fsp3) is 1.00. The molecule has 3 aliphatic carbocycles. The zero-order chi connectivity index (χ0) is 31.1. The predicted molar refractivity (Wildman–Crippen MR) is 192 cm³/mol. The minimum atomic E-state index is 0.875. The second-order valence-electron chi connectivity index (χ2n) is 18.1. The van der Waals surface area contributed by atoms with Crippen molar-refractivity contribution >= 4 is 0 Å². The molecule has 12 unspecified atom stereocenters. The van der Waals surface area contributed by atoms with Gasteiger partial charge < -0.3 is 9.80 Å². The average Bonchev–Trinajstić information content (AvgIpc) is 3.03. The van der Waals surface area contributed by atoms with Crippen LogP contribution >= 0.6 is 0 Å².